The van der Waals surface area contributed by atoms with E-state index in [0.29, 0.717) is 24.8 Å². The van der Waals surface area contributed by atoms with Crippen LogP contribution in [-0.4, -0.2) is 56.8 Å². The van der Waals surface area contributed by atoms with Crippen LogP contribution >= 0.6 is 0 Å². The number of nitrogens with zero attached hydrogens (tertiary/aromatic N) is 2. The summed E-state index contributed by atoms with van der Waals surface area (Å²) in [5.74, 6) is 1.55. The molecule has 0 radical (unpaired) electrons. The summed E-state index contributed by atoms with van der Waals surface area (Å²) in [5, 5.41) is 6.71. The molecule has 0 amide bonds. The maximum atomic E-state index is 12.9. The molecular formula is C21H31F3N4O. The molecule has 0 atom stereocenters. The van der Waals surface area contributed by atoms with Crippen LogP contribution in [0.4, 0.5) is 13.2 Å². The van der Waals surface area contributed by atoms with Gasteiger partial charge in [0.25, 0.3) is 0 Å². The molecule has 1 heterocycles. The van der Waals surface area contributed by atoms with Crippen molar-refractivity contribution in [2.45, 2.75) is 44.4 Å². The number of likely N-dealkylation sites (tertiary alicyclic amines) is 1. The molecule has 1 saturated heterocycles. The maximum Gasteiger partial charge on any atom is 0.416 e. The summed E-state index contributed by atoms with van der Waals surface area (Å²) >= 11 is 0. The molecular weight excluding hydrogens is 381 g/mol. The summed E-state index contributed by atoms with van der Waals surface area (Å²) < 4.78 is 44.2. The van der Waals surface area contributed by atoms with E-state index >= 15 is 0 Å². The molecule has 0 aromatic heterocycles. The van der Waals surface area contributed by atoms with Gasteiger partial charge in [0.1, 0.15) is 0 Å². The van der Waals surface area contributed by atoms with Crippen molar-refractivity contribution in [3.63, 3.8) is 0 Å². The Hall–Kier alpha value is -1.80. The Morgan fingerprint density at radius 2 is 1.97 bits per heavy atom. The van der Waals surface area contributed by atoms with Gasteiger partial charge in [0.05, 0.1) is 12.2 Å². The average molecular weight is 413 g/mol. The SMILES string of the molecule is CN=C(NCCOCC1CC1)NC1CCN(Cc2cccc(C(F)(F)F)c2)CC1. The lowest BCUT2D eigenvalue weighted by Crippen LogP contribution is -2.49. The van der Waals surface area contributed by atoms with Crippen molar-refractivity contribution in [3.8, 4) is 0 Å². The van der Waals surface area contributed by atoms with Crippen LogP contribution in [0, 0.1) is 5.92 Å². The molecule has 29 heavy (non-hydrogen) atoms. The Balaban J connectivity index is 1.36. The molecule has 1 aromatic rings. The Bertz CT molecular complexity index is 668. The van der Waals surface area contributed by atoms with E-state index < -0.39 is 11.7 Å². The first kappa shape index (κ1) is 21.9. The van der Waals surface area contributed by atoms with Crippen molar-refractivity contribution in [2.75, 3.05) is 39.9 Å². The fraction of sp³-hybridized carbons (Fsp3) is 0.667. The number of ether oxygens (including phenoxy) is 1. The van der Waals surface area contributed by atoms with Gasteiger partial charge in [-0.05, 0) is 43.2 Å². The summed E-state index contributed by atoms with van der Waals surface area (Å²) in [6.07, 6.45) is 0.153. The molecule has 3 rings (SSSR count). The zero-order chi connectivity index (χ0) is 20.7. The molecule has 1 aliphatic heterocycles. The van der Waals surface area contributed by atoms with Gasteiger partial charge in [-0.15, -0.1) is 0 Å². The first-order valence-electron chi connectivity index (χ1n) is 10.4. The Morgan fingerprint density at radius 3 is 2.62 bits per heavy atom. The zero-order valence-electron chi connectivity index (χ0n) is 17.0. The molecule has 5 nitrogen and oxygen atoms in total. The predicted octanol–water partition coefficient (Wildman–Crippen LogP) is 3.26. The monoisotopic (exact) mass is 412 g/mol. The fourth-order valence-electron chi connectivity index (χ4n) is 3.50. The molecule has 0 unspecified atom stereocenters. The Kier molecular flexibility index (Phi) is 7.77. The highest BCUT2D eigenvalue weighted by Gasteiger charge is 2.30. The van der Waals surface area contributed by atoms with Crippen LogP contribution in [0.3, 0.4) is 0 Å². The summed E-state index contributed by atoms with van der Waals surface area (Å²) in [6.45, 7) is 4.48. The van der Waals surface area contributed by atoms with Crippen LogP contribution in [0.25, 0.3) is 0 Å². The topological polar surface area (TPSA) is 48.9 Å². The van der Waals surface area contributed by atoms with Crippen LogP contribution in [-0.2, 0) is 17.5 Å². The number of halogens is 3. The van der Waals surface area contributed by atoms with E-state index in [4.69, 9.17) is 4.74 Å². The summed E-state index contributed by atoms with van der Waals surface area (Å²) in [5.41, 5.74) is 0.123. The van der Waals surface area contributed by atoms with Crippen molar-refractivity contribution in [1.82, 2.24) is 15.5 Å². The van der Waals surface area contributed by atoms with Gasteiger partial charge in [-0.3, -0.25) is 9.89 Å². The molecule has 8 heteroatoms. The van der Waals surface area contributed by atoms with Gasteiger partial charge in [0, 0.05) is 45.9 Å². The number of hydrogen-bond donors (Lipinski definition) is 2. The van der Waals surface area contributed by atoms with E-state index in [0.717, 1.165) is 57.0 Å². The number of aliphatic imine (C=N–C) groups is 1. The van der Waals surface area contributed by atoms with Crippen molar-refractivity contribution < 1.29 is 17.9 Å². The Morgan fingerprint density at radius 1 is 1.21 bits per heavy atom. The largest absolute Gasteiger partial charge is 0.416 e. The molecule has 162 valence electrons. The zero-order valence-corrected chi connectivity index (χ0v) is 17.0. The van der Waals surface area contributed by atoms with E-state index in [2.05, 4.69) is 20.5 Å². The summed E-state index contributed by atoms with van der Waals surface area (Å²) in [4.78, 5) is 6.47. The summed E-state index contributed by atoms with van der Waals surface area (Å²) in [7, 11) is 1.75. The minimum atomic E-state index is -4.29. The normalized spacial score (nSPS) is 19.4. The second-order valence-electron chi connectivity index (χ2n) is 7.91. The molecule has 2 fully saturated rings. The van der Waals surface area contributed by atoms with Crippen molar-refractivity contribution in [1.29, 1.82) is 0 Å². The highest BCUT2D eigenvalue weighted by molar-refractivity contribution is 5.79. The van der Waals surface area contributed by atoms with Crippen LogP contribution < -0.4 is 10.6 Å². The number of guanidine groups is 1. The van der Waals surface area contributed by atoms with Crippen molar-refractivity contribution in [2.24, 2.45) is 10.9 Å². The second-order valence-corrected chi connectivity index (χ2v) is 7.91. The third kappa shape index (κ3) is 7.51. The molecule has 2 aliphatic rings. The molecule has 2 N–H and O–H groups in total. The van der Waals surface area contributed by atoms with E-state index in [-0.39, 0.29) is 0 Å². The van der Waals surface area contributed by atoms with Gasteiger partial charge in [-0.2, -0.15) is 13.2 Å². The van der Waals surface area contributed by atoms with Crippen molar-refractivity contribution in [3.05, 3.63) is 35.4 Å². The van der Waals surface area contributed by atoms with Crippen LogP contribution in [0.1, 0.15) is 36.8 Å². The lowest BCUT2D eigenvalue weighted by molar-refractivity contribution is -0.137. The first-order valence-corrected chi connectivity index (χ1v) is 10.4. The Labute approximate surface area is 170 Å². The number of hydrogen-bond acceptors (Lipinski definition) is 3. The number of piperidine rings is 1. The standard InChI is InChI=1S/C21H31F3N4O/c1-25-20(26-9-12-29-15-16-5-6-16)27-19-7-10-28(11-8-19)14-17-3-2-4-18(13-17)21(22,23)24/h2-4,13,16,19H,5-12,14-15H2,1H3,(H2,25,26,27). The van der Waals surface area contributed by atoms with E-state index in [9.17, 15) is 13.2 Å². The predicted molar refractivity (Wildman–Crippen MR) is 108 cm³/mol. The van der Waals surface area contributed by atoms with Crippen LogP contribution in [0.15, 0.2) is 29.3 Å². The molecule has 1 saturated carbocycles. The molecule has 0 bridgehead atoms. The first-order chi connectivity index (χ1) is 13.9. The van der Waals surface area contributed by atoms with E-state index in [1.807, 2.05) is 0 Å². The van der Waals surface area contributed by atoms with Gasteiger partial charge in [0.15, 0.2) is 5.96 Å². The van der Waals surface area contributed by atoms with Crippen LogP contribution in [0.5, 0.6) is 0 Å². The highest BCUT2D eigenvalue weighted by Crippen LogP contribution is 2.30. The third-order valence-electron chi connectivity index (χ3n) is 5.40. The van der Waals surface area contributed by atoms with Gasteiger partial charge in [-0.25, -0.2) is 0 Å². The highest BCUT2D eigenvalue weighted by atomic mass is 19.4. The van der Waals surface area contributed by atoms with Gasteiger partial charge in [0.2, 0.25) is 0 Å². The number of nitrogens with one attached hydrogen (secondary N) is 2. The minimum Gasteiger partial charge on any atom is -0.379 e. The maximum absolute atomic E-state index is 12.9. The lowest BCUT2D eigenvalue weighted by Gasteiger charge is -2.33. The van der Waals surface area contributed by atoms with E-state index in [1.54, 1.807) is 13.1 Å². The number of rotatable bonds is 8. The second kappa shape index (κ2) is 10.3. The minimum absolute atomic E-state index is 0.311. The number of alkyl halides is 3. The number of benzene rings is 1. The van der Waals surface area contributed by atoms with Crippen LogP contribution in [0.2, 0.25) is 0 Å². The fourth-order valence-corrected chi connectivity index (χ4v) is 3.50. The molecule has 1 aromatic carbocycles. The molecule has 0 spiro atoms. The smallest absolute Gasteiger partial charge is 0.379 e. The quantitative estimate of drug-likeness (QED) is 0.391. The van der Waals surface area contributed by atoms with E-state index in [1.165, 1.54) is 25.0 Å². The third-order valence-corrected chi connectivity index (χ3v) is 5.40. The average Bonchev–Trinajstić information content (AvgIpc) is 3.52. The summed E-state index contributed by atoms with van der Waals surface area (Å²) in [6, 6.07) is 5.93. The molecule has 1 aliphatic carbocycles. The van der Waals surface area contributed by atoms with Gasteiger partial charge in [-0.1, -0.05) is 18.2 Å². The van der Waals surface area contributed by atoms with Gasteiger partial charge < -0.3 is 15.4 Å². The lowest BCUT2D eigenvalue weighted by atomic mass is 10.0. The van der Waals surface area contributed by atoms with Gasteiger partial charge >= 0.3 is 6.18 Å². The van der Waals surface area contributed by atoms with Crippen molar-refractivity contribution >= 4 is 5.96 Å².